The fourth-order valence-corrected chi connectivity index (χ4v) is 1.91. The molecule has 7 nitrogen and oxygen atoms in total. The Morgan fingerprint density at radius 3 is 2.53 bits per heavy atom. The molecule has 0 amide bonds. The average Bonchev–Trinajstić information content (AvgIpc) is 2.32. The summed E-state index contributed by atoms with van der Waals surface area (Å²) in [6.07, 6.45) is -4.08. The molecule has 106 valence electrons. The van der Waals surface area contributed by atoms with Gasteiger partial charge in [0.25, 0.3) is 0 Å². The van der Waals surface area contributed by atoms with Gasteiger partial charge in [-0.25, -0.2) is 0 Å². The monoisotopic (exact) mass is 286 g/mol. The summed E-state index contributed by atoms with van der Waals surface area (Å²) in [6.45, 7) is 1.72. The fourth-order valence-electron chi connectivity index (χ4n) is 1.91. The van der Waals surface area contributed by atoms with Crippen LogP contribution in [0.4, 0.5) is 0 Å². The van der Waals surface area contributed by atoms with Gasteiger partial charge in [0.2, 0.25) is 0 Å². The molecule has 0 radical (unpaired) electrons. The van der Waals surface area contributed by atoms with E-state index in [9.17, 15) is 20.1 Å². The van der Waals surface area contributed by atoms with Crippen LogP contribution >= 0.6 is 0 Å². The number of carbonyl (C=O) groups is 1. The normalized spacial score (nSPS) is 34.6. The zero-order chi connectivity index (χ0) is 13.7. The van der Waals surface area contributed by atoms with E-state index in [1.165, 1.54) is 7.11 Å². The van der Waals surface area contributed by atoms with Crippen LogP contribution < -0.4 is 34.7 Å². The number of aliphatic hydroxyl groups is 2. The van der Waals surface area contributed by atoms with E-state index < -0.39 is 36.5 Å². The van der Waals surface area contributed by atoms with Gasteiger partial charge in [0, 0.05) is 19.5 Å². The van der Waals surface area contributed by atoms with Gasteiger partial charge in [0.15, 0.2) is 0 Å². The maximum absolute atomic E-state index is 10.2. The number of carboxylic acid groups (broad SMARTS) is 1. The van der Waals surface area contributed by atoms with Crippen molar-refractivity contribution in [2.45, 2.75) is 43.9 Å². The number of ether oxygens (including phenoxy) is 3. The maximum Gasteiger partial charge on any atom is 1.00 e. The molecule has 0 aromatic heterocycles. The van der Waals surface area contributed by atoms with Gasteiger partial charge in [-0.05, 0) is 6.92 Å². The van der Waals surface area contributed by atoms with Crippen LogP contribution in [0.1, 0.15) is 13.3 Å². The number of aliphatic carboxylic acids is 1. The zero-order valence-electron chi connectivity index (χ0n) is 11.4. The van der Waals surface area contributed by atoms with Gasteiger partial charge in [0.1, 0.15) is 24.4 Å². The summed E-state index contributed by atoms with van der Waals surface area (Å²) in [5.41, 5.74) is 0. The van der Waals surface area contributed by atoms with E-state index in [1.54, 1.807) is 6.92 Å². The van der Waals surface area contributed by atoms with E-state index in [1.807, 2.05) is 0 Å². The molecular weight excluding hydrogens is 267 g/mol. The molecule has 0 bridgehead atoms. The topological polar surface area (TPSA) is 108 Å². The Labute approximate surface area is 134 Å². The van der Waals surface area contributed by atoms with Crippen LogP contribution in [0.3, 0.4) is 0 Å². The van der Waals surface area contributed by atoms with Crippen molar-refractivity contribution in [3.63, 3.8) is 0 Å². The molecule has 0 aromatic rings. The second-order valence-electron chi connectivity index (χ2n) is 4.26. The Hall–Kier alpha value is 0.270. The van der Waals surface area contributed by atoms with Crippen molar-refractivity contribution in [3.8, 4) is 0 Å². The van der Waals surface area contributed by atoms with E-state index in [0.29, 0.717) is 0 Å². The summed E-state index contributed by atoms with van der Waals surface area (Å²) in [4.78, 5) is 10.2. The molecule has 19 heavy (non-hydrogen) atoms. The molecule has 1 fully saturated rings. The average molecular weight is 286 g/mol. The Balaban J connectivity index is 0.00000324. The minimum absolute atomic E-state index is 0. The molecule has 1 heterocycles. The van der Waals surface area contributed by atoms with Crippen molar-refractivity contribution in [1.29, 1.82) is 0 Å². The van der Waals surface area contributed by atoms with Crippen LogP contribution in [0.25, 0.3) is 0 Å². The Kier molecular flexibility index (Phi) is 9.38. The second-order valence-corrected chi connectivity index (χ2v) is 4.26. The first kappa shape index (κ1) is 19.3. The van der Waals surface area contributed by atoms with E-state index in [2.05, 4.69) is 0 Å². The van der Waals surface area contributed by atoms with Gasteiger partial charge in [-0.1, -0.05) is 0 Å². The maximum atomic E-state index is 10.2. The number of hydrogen-bond donors (Lipinski definition) is 2. The third kappa shape index (κ3) is 5.65. The largest absolute Gasteiger partial charge is 1.00 e. The van der Waals surface area contributed by atoms with Crippen molar-refractivity contribution in [2.24, 2.45) is 0 Å². The van der Waals surface area contributed by atoms with E-state index >= 15 is 0 Å². The molecule has 1 saturated heterocycles. The molecule has 1 aliphatic rings. The molecule has 0 spiro atoms. The first-order valence-corrected chi connectivity index (χ1v) is 5.79. The Morgan fingerprint density at radius 1 is 1.37 bits per heavy atom. The molecule has 5 atom stereocenters. The third-order valence-electron chi connectivity index (χ3n) is 2.93. The summed E-state index contributed by atoms with van der Waals surface area (Å²) >= 11 is 0. The number of rotatable bonds is 6. The van der Waals surface area contributed by atoms with Crippen LogP contribution in [0.5, 0.6) is 0 Å². The van der Waals surface area contributed by atoms with Gasteiger partial charge in [-0.2, -0.15) is 0 Å². The number of hydrogen-bond acceptors (Lipinski definition) is 7. The number of methoxy groups -OCH3 is 1. The van der Waals surface area contributed by atoms with Crippen LogP contribution in [0.2, 0.25) is 0 Å². The predicted octanol–water partition coefficient (Wildman–Crippen LogP) is -5.33. The summed E-state index contributed by atoms with van der Waals surface area (Å²) in [6, 6.07) is 0. The van der Waals surface area contributed by atoms with Crippen molar-refractivity contribution >= 4 is 5.97 Å². The predicted molar refractivity (Wildman–Crippen MR) is 57.6 cm³/mol. The summed E-state index contributed by atoms with van der Waals surface area (Å²) < 4.78 is 15.7. The molecule has 0 aliphatic carbocycles. The molecule has 1 rings (SSSR count). The van der Waals surface area contributed by atoms with Gasteiger partial charge in [0.05, 0.1) is 19.3 Å². The quantitative estimate of drug-likeness (QED) is 0.371. The summed E-state index contributed by atoms with van der Waals surface area (Å²) in [7, 11) is 1.40. The molecule has 1 aliphatic heterocycles. The Morgan fingerprint density at radius 2 is 2.00 bits per heavy atom. The molecule has 0 aromatic carbocycles. The summed E-state index contributed by atoms with van der Waals surface area (Å²) in [5, 5.41) is 29.6. The molecule has 2 N–H and O–H groups in total. The van der Waals surface area contributed by atoms with Crippen LogP contribution in [-0.4, -0.2) is 67.0 Å². The minimum atomic E-state index is -1.19. The first-order chi connectivity index (χ1) is 8.47. The molecule has 0 saturated carbocycles. The molecule has 2 unspecified atom stereocenters. The van der Waals surface area contributed by atoms with Crippen molar-refractivity contribution < 1.29 is 63.9 Å². The third-order valence-corrected chi connectivity index (χ3v) is 2.93. The van der Waals surface area contributed by atoms with Gasteiger partial charge < -0.3 is 34.3 Å². The fraction of sp³-hybridized carbons (Fsp3) is 0.909. The van der Waals surface area contributed by atoms with Gasteiger partial charge in [-0.3, -0.25) is 0 Å². The Bertz CT molecular complexity index is 276. The smallest absolute Gasteiger partial charge is 0.550 e. The van der Waals surface area contributed by atoms with Crippen LogP contribution in [0, 0.1) is 0 Å². The second kappa shape index (κ2) is 9.25. The van der Waals surface area contributed by atoms with Crippen molar-refractivity contribution in [1.82, 2.24) is 0 Å². The van der Waals surface area contributed by atoms with Crippen LogP contribution in [0.15, 0.2) is 0 Å². The van der Waals surface area contributed by atoms with Gasteiger partial charge in [-0.15, -0.1) is 0 Å². The standard InChI is InChI=1S/C11H20O7.Na/c1-6-9(14)10(15)11(16-2)7(18-6)5-17-4-3-8(12)13;/h6-7,9-11,14-15H,3-5H2,1-2H3,(H,12,13);/q;+1/p-1/t6-,7?,9?,10+,11+;/m1./s1. The zero-order valence-corrected chi connectivity index (χ0v) is 13.4. The minimum Gasteiger partial charge on any atom is -0.550 e. The first-order valence-electron chi connectivity index (χ1n) is 5.79. The molecular formula is C11H19NaO7. The van der Waals surface area contributed by atoms with Crippen molar-refractivity contribution in [3.05, 3.63) is 0 Å². The SMILES string of the molecule is CO[C@H]1C(COCCC(=O)[O-])O[C@H](C)C(O)[C@@H]1O.[Na+]. The number of carboxylic acids is 1. The van der Waals surface area contributed by atoms with Crippen LogP contribution in [-0.2, 0) is 19.0 Å². The van der Waals surface area contributed by atoms with E-state index in [0.717, 1.165) is 0 Å². The number of carbonyl (C=O) groups excluding carboxylic acids is 1. The molecule has 8 heteroatoms. The van der Waals surface area contributed by atoms with Crippen molar-refractivity contribution in [2.75, 3.05) is 20.3 Å². The van der Waals surface area contributed by atoms with E-state index in [-0.39, 0.29) is 49.2 Å². The van der Waals surface area contributed by atoms with Gasteiger partial charge >= 0.3 is 29.6 Å². The van der Waals surface area contributed by atoms with E-state index in [4.69, 9.17) is 14.2 Å². The summed E-state index contributed by atoms with van der Waals surface area (Å²) in [5.74, 6) is -1.19. The number of aliphatic hydroxyl groups excluding tert-OH is 2.